The van der Waals surface area contributed by atoms with Crippen LogP contribution in [-0.2, 0) is 6.54 Å². The summed E-state index contributed by atoms with van der Waals surface area (Å²) in [4.78, 5) is 34.5. The van der Waals surface area contributed by atoms with Gasteiger partial charge in [-0.25, -0.2) is 14.2 Å². The monoisotopic (exact) mass is 471 g/mol. The van der Waals surface area contributed by atoms with E-state index in [2.05, 4.69) is 5.32 Å². The van der Waals surface area contributed by atoms with Crippen LogP contribution in [0.3, 0.4) is 0 Å². The Balaban J connectivity index is 1.36. The lowest BCUT2D eigenvalue weighted by molar-refractivity contribution is 0.208. The number of anilines is 2. The van der Waals surface area contributed by atoms with Gasteiger partial charge in [0.05, 0.1) is 17.6 Å². The number of hydrogen-bond donors (Lipinski definition) is 1. The molecule has 0 aliphatic carbocycles. The number of piperazine rings is 1. The van der Waals surface area contributed by atoms with Crippen molar-refractivity contribution >= 4 is 28.6 Å². The van der Waals surface area contributed by atoms with Gasteiger partial charge in [0.1, 0.15) is 5.82 Å². The van der Waals surface area contributed by atoms with Crippen LogP contribution in [0, 0.1) is 12.7 Å². The summed E-state index contributed by atoms with van der Waals surface area (Å²) in [6, 6.07) is 21.2. The molecule has 1 aromatic heterocycles. The zero-order valence-corrected chi connectivity index (χ0v) is 19.4. The molecular formula is C27H26FN5O2. The van der Waals surface area contributed by atoms with Crippen LogP contribution in [-0.4, -0.2) is 46.7 Å². The van der Waals surface area contributed by atoms with Crippen molar-refractivity contribution in [1.29, 1.82) is 0 Å². The second-order valence-corrected chi connectivity index (χ2v) is 8.71. The molecule has 35 heavy (non-hydrogen) atoms. The number of nitrogens with one attached hydrogen (secondary N) is 1. The topological polar surface area (TPSA) is 70.5 Å². The number of carbonyl (C=O) groups is 1. The molecule has 7 nitrogen and oxygen atoms in total. The number of urea groups is 1. The number of rotatable bonds is 4. The Bertz CT molecular complexity index is 1410. The molecule has 1 fully saturated rings. The van der Waals surface area contributed by atoms with Gasteiger partial charge in [-0.2, -0.15) is 0 Å². The molecule has 1 aliphatic heterocycles. The lowest BCUT2D eigenvalue weighted by Crippen LogP contribution is -2.51. The molecule has 178 valence electrons. The van der Waals surface area contributed by atoms with Crippen LogP contribution < -0.4 is 15.8 Å². The van der Waals surface area contributed by atoms with Crippen LogP contribution in [0.2, 0.25) is 0 Å². The van der Waals surface area contributed by atoms with Crippen molar-refractivity contribution in [1.82, 2.24) is 14.5 Å². The summed E-state index contributed by atoms with van der Waals surface area (Å²) < 4.78 is 14.9. The molecule has 5 rings (SSSR count). The molecule has 0 saturated carbocycles. The highest BCUT2D eigenvalue weighted by atomic mass is 19.1. The van der Waals surface area contributed by atoms with Crippen LogP contribution in [0.5, 0.6) is 0 Å². The number of fused-ring (bicyclic) bond motifs is 1. The number of halogens is 1. The van der Waals surface area contributed by atoms with Gasteiger partial charge in [0.25, 0.3) is 5.56 Å². The van der Waals surface area contributed by atoms with Crippen molar-refractivity contribution < 1.29 is 9.18 Å². The van der Waals surface area contributed by atoms with E-state index in [1.807, 2.05) is 60.4 Å². The van der Waals surface area contributed by atoms with E-state index in [-0.39, 0.29) is 17.4 Å². The first-order chi connectivity index (χ1) is 17.0. The fourth-order valence-corrected chi connectivity index (χ4v) is 4.28. The number of nitrogens with zero attached hydrogens (tertiary/aromatic N) is 4. The predicted octanol–water partition coefficient (Wildman–Crippen LogP) is 4.25. The fraction of sp³-hybridized carbons (Fsp3) is 0.222. The van der Waals surface area contributed by atoms with Gasteiger partial charge in [-0.3, -0.25) is 9.36 Å². The predicted molar refractivity (Wildman–Crippen MR) is 135 cm³/mol. The molecular weight excluding hydrogens is 445 g/mol. The van der Waals surface area contributed by atoms with Gasteiger partial charge in [0.2, 0.25) is 0 Å². The van der Waals surface area contributed by atoms with Crippen LogP contribution in [0.25, 0.3) is 11.0 Å². The highest BCUT2D eigenvalue weighted by Gasteiger charge is 2.25. The van der Waals surface area contributed by atoms with Crippen molar-refractivity contribution in [3.8, 4) is 0 Å². The third-order valence-corrected chi connectivity index (χ3v) is 6.26. The second kappa shape index (κ2) is 9.58. The summed E-state index contributed by atoms with van der Waals surface area (Å²) in [5.41, 5.74) is 4.15. The van der Waals surface area contributed by atoms with Crippen LogP contribution in [0.1, 0.15) is 11.1 Å². The molecule has 1 N–H and O–H groups in total. The van der Waals surface area contributed by atoms with E-state index >= 15 is 0 Å². The third-order valence-electron chi connectivity index (χ3n) is 6.26. The highest BCUT2D eigenvalue weighted by molar-refractivity contribution is 5.89. The Morgan fingerprint density at radius 2 is 1.63 bits per heavy atom. The fourth-order valence-electron chi connectivity index (χ4n) is 4.28. The number of hydrogen-bond acceptors (Lipinski definition) is 4. The van der Waals surface area contributed by atoms with E-state index in [0.29, 0.717) is 44.2 Å². The molecule has 0 unspecified atom stereocenters. The number of aryl methyl sites for hydroxylation is 1. The molecule has 1 saturated heterocycles. The van der Waals surface area contributed by atoms with E-state index in [0.717, 1.165) is 16.6 Å². The van der Waals surface area contributed by atoms with Crippen molar-refractivity contribution in [3.63, 3.8) is 0 Å². The molecule has 2 heterocycles. The molecule has 3 aromatic carbocycles. The molecule has 8 heteroatoms. The quantitative estimate of drug-likeness (QED) is 0.483. The van der Waals surface area contributed by atoms with Crippen molar-refractivity contribution in [2.24, 2.45) is 0 Å². The zero-order valence-electron chi connectivity index (χ0n) is 19.4. The van der Waals surface area contributed by atoms with Gasteiger partial charge >= 0.3 is 6.03 Å². The summed E-state index contributed by atoms with van der Waals surface area (Å²) >= 11 is 0. The lowest BCUT2D eigenvalue weighted by Gasteiger charge is -2.35. The minimum atomic E-state index is -0.354. The number of carbonyl (C=O) groups excluding carboxylic acids is 1. The van der Waals surface area contributed by atoms with Crippen LogP contribution in [0.4, 0.5) is 20.7 Å². The standard InChI is InChI=1S/C27H26FN5O2/c1-19-6-8-20(9-7-19)18-33-24-5-3-2-4-23(24)30-25(26(33)34)31-14-16-32(17-15-31)27(35)29-22-12-10-21(28)11-13-22/h2-13H,14-18H2,1H3,(H,29,35). The zero-order chi connectivity index (χ0) is 24.4. The largest absolute Gasteiger partial charge is 0.348 e. The Kier molecular flexibility index (Phi) is 6.18. The minimum absolute atomic E-state index is 0.145. The van der Waals surface area contributed by atoms with Gasteiger partial charge in [-0.15, -0.1) is 0 Å². The summed E-state index contributed by atoms with van der Waals surface area (Å²) in [5.74, 6) is 0.0435. The molecule has 2 amide bonds. The van der Waals surface area contributed by atoms with Crippen molar-refractivity contribution in [2.45, 2.75) is 13.5 Å². The molecule has 0 atom stereocenters. The highest BCUT2D eigenvalue weighted by Crippen LogP contribution is 2.18. The lowest BCUT2D eigenvalue weighted by atomic mass is 10.1. The van der Waals surface area contributed by atoms with Gasteiger partial charge in [-0.05, 0) is 48.9 Å². The van der Waals surface area contributed by atoms with E-state index in [9.17, 15) is 14.0 Å². The maximum absolute atomic E-state index is 13.6. The van der Waals surface area contributed by atoms with E-state index in [4.69, 9.17) is 4.98 Å². The van der Waals surface area contributed by atoms with Gasteiger partial charge in [0.15, 0.2) is 5.82 Å². The van der Waals surface area contributed by atoms with Crippen LogP contribution in [0.15, 0.2) is 77.6 Å². The Morgan fingerprint density at radius 1 is 0.943 bits per heavy atom. The SMILES string of the molecule is Cc1ccc(Cn2c(=O)c(N3CCN(C(=O)Nc4ccc(F)cc4)CC3)nc3ccccc32)cc1. The Morgan fingerprint density at radius 3 is 2.34 bits per heavy atom. The first-order valence-corrected chi connectivity index (χ1v) is 11.6. The number of aromatic nitrogens is 2. The normalized spacial score (nSPS) is 13.8. The van der Waals surface area contributed by atoms with Crippen LogP contribution >= 0.6 is 0 Å². The molecule has 1 aliphatic rings. The molecule has 0 radical (unpaired) electrons. The Labute approximate surface area is 202 Å². The smallest absolute Gasteiger partial charge is 0.321 e. The summed E-state index contributed by atoms with van der Waals surface area (Å²) in [6.45, 7) is 4.35. The average Bonchev–Trinajstić information content (AvgIpc) is 2.88. The number of benzene rings is 3. The third kappa shape index (κ3) is 4.87. The first-order valence-electron chi connectivity index (χ1n) is 11.6. The second-order valence-electron chi connectivity index (χ2n) is 8.71. The Hall–Kier alpha value is -4.20. The van der Waals surface area contributed by atoms with Gasteiger partial charge in [-0.1, -0.05) is 42.0 Å². The maximum Gasteiger partial charge on any atom is 0.321 e. The summed E-state index contributed by atoms with van der Waals surface area (Å²) in [5, 5.41) is 2.79. The molecule has 0 spiro atoms. The summed E-state index contributed by atoms with van der Waals surface area (Å²) in [6.07, 6.45) is 0. The maximum atomic E-state index is 13.6. The summed E-state index contributed by atoms with van der Waals surface area (Å²) in [7, 11) is 0. The van der Waals surface area contributed by atoms with E-state index in [1.165, 1.54) is 29.8 Å². The average molecular weight is 472 g/mol. The first kappa shape index (κ1) is 22.6. The number of para-hydroxylation sites is 2. The van der Waals surface area contributed by atoms with Gasteiger partial charge < -0.3 is 15.1 Å². The van der Waals surface area contributed by atoms with E-state index in [1.54, 1.807) is 9.47 Å². The number of amides is 2. The minimum Gasteiger partial charge on any atom is -0.348 e. The van der Waals surface area contributed by atoms with Crippen molar-refractivity contribution in [3.05, 3.63) is 100 Å². The van der Waals surface area contributed by atoms with Gasteiger partial charge in [0, 0.05) is 31.9 Å². The molecule has 4 aromatic rings. The van der Waals surface area contributed by atoms with Crippen molar-refractivity contribution in [2.75, 3.05) is 36.4 Å². The van der Waals surface area contributed by atoms with E-state index < -0.39 is 0 Å². The molecule has 0 bridgehead atoms.